The Morgan fingerprint density at radius 1 is 0.0781 bits per heavy atom. The monoisotopic (exact) mass is 1620 g/mol. The second kappa shape index (κ2) is 33.2. The first kappa shape index (κ1) is 76.3. The van der Waals surface area contributed by atoms with E-state index >= 15 is 0 Å². The van der Waals surface area contributed by atoms with Gasteiger partial charge in [-0.15, -0.1) is 0 Å². The Bertz CT molecular complexity index is 8440. The summed E-state index contributed by atoms with van der Waals surface area (Å²) in [7, 11) is 0. The smallest absolute Gasteiger partial charge is 0.00201 e. The lowest BCUT2D eigenvalue weighted by Crippen LogP contribution is -1.93. The highest BCUT2D eigenvalue weighted by Crippen LogP contribution is 2.51. The van der Waals surface area contributed by atoms with Crippen molar-refractivity contribution in [2.75, 3.05) is 0 Å². The number of benzene rings is 25. The van der Waals surface area contributed by atoms with E-state index in [1.54, 1.807) is 0 Å². The first-order valence-corrected chi connectivity index (χ1v) is 44.3. The van der Waals surface area contributed by atoms with Crippen molar-refractivity contribution in [2.45, 2.75) is 0 Å². The van der Waals surface area contributed by atoms with Gasteiger partial charge < -0.3 is 0 Å². The molecular weight excluding hydrogens is 1540 g/mol. The van der Waals surface area contributed by atoms with E-state index in [1.165, 1.54) is 241 Å². The van der Waals surface area contributed by atoms with Crippen LogP contribution in [0.4, 0.5) is 0 Å². The normalized spacial score (nSPS) is 11.4. The molecule has 25 aromatic rings. The van der Waals surface area contributed by atoms with Crippen LogP contribution in [0, 0.1) is 0 Å². The van der Waals surface area contributed by atoms with Gasteiger partial charge in [0.15, 0.2) is 0 Å². The molecule has 25 rings (SSSR count). The van der Waals surface area contributed by atoms with E-state index in [-0.39, 0.29) is 0 Å². The van der Waals surface area contributed by atoms with Gasteiger partial charge in [-0.1, -0.05) is 449 Å². The predicted molar refractivity (Wildman–Crippen MR) is 552 cm³/mol. The van der Waals surface area contributed by atoms with Gasteiger partial charge in [-0.2, -0.15) is 0 Å². The first-order chi connectivity index (χ1) is 63.5. The van der Waals surface area contributed by atoms with Crippen LogP contribution < -0.4 is 0 Å². The minimum absolute atomic E-state index is 1.22. The molecule has 0 bridgehead atoms. The molecule has 0 heteroatoms. The second-order valence-corrected chi connectivity index (χ2v) is 33.6. The fourth-order valence-electron chi connectivity index (χ4n) is 20.0. The summed E-state index contributed by atoms with van der Waals surface area (Å²) in [6.07, 6.45) is 0. The Hall–Kier alpha value is -16.6. The summed E-state index contributed by atoms with van der Waals surface area (Å²) in [4.78, 5) is 0. The summed E-state index contributed by atoms with van der Waals surface area (Å²) in [5.41, 5.74) is 27.4. The number of rotatable bonds is 11. The van der Waals surface area contributed by atoms with Gasteiger partial charge in [0.05, 0.1) is 0 Å². The lowest BCUT2D eigenvalue weighted by atomic mass is 9.83. The van der Waals surface area contributed by atoms with E-state index in [0.29, 0.717) is 0 Å². The van der Waals surface area contributed by atoms with Crippen LogP contribution in [0.1, 0.15) is 0 Å². The average Bonchev–Trinajstić information content (AvgIpc) is 0.785. The molecule has 0 spiro atoms. The van der Waals surface area contributed by atoms with Crippen LogP contribution in [0.15, 0.2) is 510 Å². The van der Waals surface area contributed by atoms with Crippen LogP contribution in [0.5, 0.6) is 0 Å². The molecule has 0 saturated carbocycles. The Morgan fingerprint density at radius 2 is 0.273 bits per heavy atom. The molecule has 0 fully saturated rings. The van der Waals surface area contributed by atoms with Crippen LogP contribution in [0.3, 0.4) is 0 Å². The average molecular weight is 1620 g/mol. The van der Waals surface area contributed by atoms with Crippen LogP contribution in [0.25, 0.3) is 241 Å². The van der Waals surface area contributed by atoms with E-state index in [0.717, 1.165) is 0 Å². The summed E-state index contributed by atoms with van der Waals surface area (Å²) >= 11 is 0. The topological polar surface area (TPSA) is 0 Å². The Kier molecular flexibility index (Phi) is 19.8. The minimum Gasteiger partial charge on any atom is -0.0622 e. The molecule has 596 valence electrons. The van der Waals surface area contributed by atoms with Crippen molar-refractivity contribution in [2.24, 2.45) is 0 Å². The van der Waals surface area contributed by atoms with Gasteiger partial charge >= 0.3 is 0 Å². The second-order valence-electron chi connectivity index (χ2n) is 33.6. The quantitative estimate of drug-likeness (QED) is 0.113. The van der Waals surface area contributed by atoms with Gasteiger partial charge in [0, 0.05) is 0 Å². The maximum atomic E-state index is 2.39. The maximum absolute atomic E-state index is 2.39. The summed E-state index contributed by atoms with van der Waals surface area (Å²) in [6, 6.07) is 186. The Labute approximate surface area is 745 Å². The summed E-state index contributed by atoms with van der Waals surface area (Å²) in [5.74, 6) is 0. The first-order valence-electron chi connectivity index (χ1n) is 44.3. The zero-order valence-electron chi connectivity index (χ0n) is 70.5. The lowest BCUT2D eigenvalue weighted by Gasteiger charge is -2.20. The number of hydrogen-bond acceptors (Lipinski definition) is 0. The van der Waals surface area contributed by atoms with E-state index < -0.39 is 0 Å². The van der Waals surface area contributed by atoms with Gasteiger partial charge in [0.2, 0.25) is 0 Å². The number of fused-ring (bicyclic) bond motifs is 11. The highest BCUT2D eigenvalue weighted by atomic mass is 14.3. The Balaban J connectivity index is 0.000000110. The molecule has 0 aromatic heterocycles. The molecule has 0 N–H and O–H groups in total. The van der Waals surface area contributed by atoms with Gasteiger partial charge in [-0.05, 0) is 302 Å². The van der Waals surface area contributed by atoms with Crippen molar-refractivity contribution < 1.29 is 0 Å². The lowest BCUT2D eigenvalue weighted by molar-refractivity contribution is 1.58. The molecule has 0 heterocycles. The molecule has 128 heavy (non-hydrogen) atoms. The molecule has 0 aliphatic heterocycles. The third-order valence-corrected chi connectivity index (χ3v) is 26.0. The summed E-state index contributed by atoms with van der Waals surface area (Å²) < 4.78 is 0. The maximum Gasteiger partial charge on any atom is -0.00201 e. The zero-order valence-corrected chi connectivity index (χ0v) is 70.5. The molecule has 0 amide bonds. The SMILES string of the molecule is c1cc(-c2ccc3ccccc3c2)cc(-c2c3ccccc3c(-c3ccc4ccccc4c3)c3ccccc23)c1.c1ccc(-c2cc(-c3ccc4ccccc4c3)cc(-c3c4ccccc4c(-c4ccc5ccccc5c4)c4ccccc34)c2)cc1.c1ccc(-c2ccc(-c3c4ccccc4c(-c4ccc5ccccc5c4)c4ccccc34)c(-c3ccccc3)c2)cc1. The summed E-state index contributed by atoms with van der Waals surface area (Å²) in [5, 5.41) is 27.9. The highest BCUT2D eigenvalue weighted by Gasteiger charge is 2.24. The molecule has 0 aliphatic carbocycles. The predicted octanol–water partition coefficient (Wildman–Crippen LogP) is 36.1. The Morgan fingerprint density at radius 3 is 0.617 bits per heavy atom. The van der Waals surface area contributed by atoms with Crippen LogP contribution in [0.2, 0.25) is 0 Å². The molecule has 0 nitrogen and oxygen atoms in total. The fraction of sp³-hybridized carbons (Fsp3) is 0. The van der Waals surface area contributed by atoms with Crippen molar-refractivity contribution in [1.29, 1.82) is 0 Å². The van der Waals surface area contributed by atoms with Crippen LogP contribution in [-0.4, -0.2) is 0 Å². The van der Waals surface area contributed by atoms with E-state index in [1.807, 2.05) is 0 Å². The third kappa shape index (κ3) is 14.2. The van der Waals surface area contributed by atoms with Crippen LogP contribution >= 0.6 is 0 Å². The molecule has 0 unspecified atom stereocenters. The van der Waals surface area contributed by atoms with Crippen molar-refractivity contribution in [3.8, 4) is 122 Å². The molecule has 0 atom stereocenters. The summed E-state index contributed by atoms with van der Waals surface area (Å²) in [6.45, 7) is 0. The standard InChI is InChI=1S/C46H30.C42H28.C40H26/c1-2-12-31(13-3-1)38-28-39(36-24-22-32-14-4-6-16-34(32)26-36)30-40(29-38)46-43-20-10-8-18-41(43)45(42-19-9-11-21-44(42)46)37-25-23-33-15-5-7-17-35(33)27-37;1-3-13-29(14-4-1)33-25-26-39(40(28-33)31-16-5-2-6-17-31)42-37-21-11-9-19-35(37)41(36-20-10-12-22-38(36)42)34-24-23-30-15-7-8-18-32(30)27-34;1-3-12-29-24-32(22-20-27(29)10-1)31-14-9-15-33(26-31)39-35-16-5-7-18-37(35)40(38-19-8-6-17-36(38)39)34-23-21-28-11-2-4-13-30(28)25-34/h1-30H;1-28H;1-26H. The van der Waals surface area contributed by atoms with Crippen molar-refractivity contribution in [1.82, 2.24) is 0 Å². The van der Waals surface area contributed by atoms with Crippen molar-refractivity contribution in [3.05, 3.63) is 510 Å². The van der Waals surface area contributed by atoms with E-state index in [9.17, 15) is 0 Å². The largest absolute Gasteiger partial charge is 0.0622 e. The molecule has 0 aliphatic rings. The third-order valence-electron chi connectivity index (χ3n) is 26.0. The van der Waals surface area contributed by atoms with Gasteiger partial charge in [0.1, 0.15) is 0 Å². The molecule has 0 saturated heterocycles. The zero-order chi connectivity index (χ0) is 84.8. The minimum atomic E-state index is 1.22. The van der Waals surface area contributed by atoms with Crippen molar-refractivity contribution in [3.63, 3.8) is 0 Å². The molecule has 25 aromatic carbocycles. The molecule has 0 radical (unpaired) electrons. The van der Waals surface area contributed by atoms with Gasteiger partial charge in [-0.3, -0.25) is 0 Å². The molecular formula is C128H84. The van der Waals surface area contributed by atoms with Gasteiger partial charge in [-0.25, -0.2) is 0 Å². The van der Waals surface area contributed by atoms with E-state index in [2.05, 4.69) is 510 Å². The van der Waals surface area contributed by atoms with E-state index in [4.69, 9.17) is 0 Å². The van der Waals surface area contributed by atoms with Crippen molar-refractivity contribution >= 4 is 118 Å². The highest BCUT2D eigenvalue weighted by molar-refractivity contribution is 6.26. The van der Waals surface area contributed by atoms with Crippen LogP contribution in [-0.2, 0) is 0 Å². The number of hydrogen-bond donors (Lipinski definition) is 0. The fourth-order valence-corrected chi connectivity index (χ4v) is 20.0. The van der Waals surface area contributed by atoms with Gasteiger partial charge in [0.25, 0.3) is 0 Å².